The number of ether oxygens (including phenoxy) is 2. The van der Waals surface area contributed by atoms with Gasteiger partial charge in [-0.05, 0) is 19.4 Å². The summed E-state index contributed by atoms with van der Waals surface area (Å²) in [5.74, 6) is 0.107. The van der Waals surface area contributed by atoms with Gasteiger partial charge in [0.25, 0.3) is 0 Å². The number of carbonyl (C=O) groups is 1. The molecule has 0 spiro atoms. The van der Waals surface area contributed by atoms with Crippen LogP contribution >= 0.6 is 0 Å². The Bertz CT molecular complexity index is 373. The lowest BCUT2D eigenvalue weighted by atomic mass is 10.1. The van der Waals surface area contributed by atoms with Gasteiger partial charge in [-0.15, -0.1) is 0 Å². The number of aliphatic hydroxyl groups is 1. The lowest BCUT2D eigenvalue weighted by Crippen LogP contribution is -2.25. The highest BCUT2D eigenvalue weighted by Crippen LogP contribution is 2.24. The minimum Gasteiger partial charge on any atom is -0.478 e. The zero-order chi connectivity index (χ0) is 12.1. The van der Waals surface area contributed by atoms with Crippen molar-refractivity contribution in [1.82, 2.24) is 0 Å². The van der Waals surface area contributed by atoms with Gasteiger partial charge in [0.2, 0.25) is 0 Å². The molecule has 0 saturated carbocycles. The van der Waals surface area contributed by atoms with Crippen molar-refractivity contribution in [2.75, 3.05) is 7.11 Å². The Kier molecular flexibility index (Phi) is 4.31. The summed E-state index contributed by atoms with van der Waals surface area (Å²) in [6.07, 6.45) is -0.684. The summed E-state index contributed by atoms with van der Waals surface area (Å²) in [4.78, 5) is 11.2. The zero-order valence-corrected chi connectivity index (χ0v) is 9.69. The van der Waals surface area contributed by atoms with E-state index in [1.165, 1.54) is 7.11 Å². The molecule has 0 aliphatic carbocycles. The number of hydrogen-bond donors (Lipinski definition) is 1. The van der Waals surface area contributed by atoms with Gasteiger partial charge in [0.1, 0.15) is 5.75 Å². The number of esters is 1. The van der Waals surface area contributed by atoms with Crippen LogP contribution in [-0.4, -0.2) is 24.3 Å². The predicted molar refractivity (Wildman–Crippen MR) is 59.2 cm³/mol. The van der Waals surface area contributed by atoms with Crippen molar-refractivity contribution >= 4 is 5.97 Å². The number of hydrogen-bond acceptors (Lipinski definition) is 4. The normalized spacial score (nSPS) is 12.0. The molecule has 1 atom stereocenters. The molecule has 1 rings (SSSR count). The zero-order valence-electron chi connectivity index (χ0n) is 9.69. The maximum absolute atomic E-state index is 11.2. The number of benzene rings is 1. The smallest absolute Gasteiger partial charge is 0.346 e. The average molecular weight is 224 g/mol. The molecule has 1 aromatic rings. The summed E-state index contributed by atoms with van der Waals surface area (Å²) in [6, 6.07) is 5.45. The predicted octanol–water partition coefficient (Wildman–Crippen LogP) is 1.43. The van der Waals surface area contributed by atoms with Crippen LogP contribution in [0.3, 0.4) is 0 Å². The number of aryl methyl sites for hydroxylation is 1. The lowest BCUT2D eigenvalue weighted by molar-refractivity contribution is -0.147. The van der Waals surface area contributed by atoms with Gasteiger partial charge in [0.05, 0.1) is 13.7 Å². The van der Waals surface area contributed by atoms with Gasteiger partial charge in [0.15, 0.2) is 6.10 Å². The van der Waals surface area contributed by atoms with Gasteiger partial charge in [-0.2, -0.15) is 0 Å². The van der Waals surface area contributed by atoms with Crippen LogP contribution in [0.25, 0.3) is 0 Å². The second-order valence-electron chi connectivity index (χ2n) is 3.50. The first-order valence-electron chi connectivity index (χ1n) is 5.04. The molecule has 1 N–H and O–H groups in total. The summed E-state index contributed by atoms with van der Waals surface area (Å²) in [5, 5.41) is 9.16. The van der Waals surface area contributed by atoms with E-state index in [0.717, 1.165) is 5.56 Å². The summed E-state index contributed by atoms with van der Waals surface area (Å²) in [5.41, 5.74) is 1.54. The summed E-state index contributed by atoms with van der Waals surface area (Å²) < 4.78 is 10.1. The van der Waals surface area contributed by atoms with Crippen molar-refractivity contribution in [1.29, 1.82) is 0 Å². The van der Waals surface area contributed by atoms with E-state index in [4.69, 9.17) is 9.84 Å². The molecule has 0 bridgehead atoms. The number of aliphatic hydroxyl groups excluding tert-OH is 1. The van der Waals surface area contributed by atoms with Crippen molar-refractivity contribution < 1.29 is 19.4 Å². The molecule has 1 aromatic carbocycles. The van der Waals surface area contributed by atoms with E-state index >= 15 is 0 Å². The minimum atomic E-state index is -0.684. The molecule has 0 radical (unpaired) electrons. The van der Waals surface area contributed by atoms with Gasteiger partial charge < -0.3 is 14.6 Å². The fraction of sp³-hybridized carbons (Fsp3) is 0.417. The SMILES string of the molecule is COC(=O)C(C)Oc1c(C)cccc1CO. The van der Waals surface area contributed by atoms with Gasteiger partial charge in [-0.3, -0.25) is 0 Å². The van der Waals surface area contributed by atoms with Crippen LogP contribution in [0.5, 0.6) is 5.75 Å². The third kappa shape index (κ3) is 2.73. The van der Waals surface area contributed by atoms with Crippen LogP contribution in [0.15, 0.2) is 18.2 Å². The van der Waals surface area contributed by atoms with E-state index < -0.39 is 12.1 Å². The molecule has 0 aromatic heterocycles. The fourth-order valence-corrected chi connectivity index (χ4v) is 1.40. The van der Waals surface area contributed by atoms with Crippen LogP contribution in [0.2, 0.25) is 0 Å². The summed E-state index contributed by atoms with van der Waals surface area (Å²) in [6.45, 7) is 3.35. The monoisotopic (exact) mass is 224 g/mol. The van der Waals surface area contributed by atoms with Crippen molar-refractivity contribution in [3.8, 4) is 5.75 Å². The molecule has 0 heterocycles. The maximum atomic E-state index is 11.2. The average Bonchev–Trinajstić information content (AvgIpc) is 2.30. The number of methoxy groups -OCH3 is 1. The highest BCUT2D eigenvalue weighted by atomic mass is 16.6. The van der Waals surface area contributed by atoms with Crippen molar-refractivity contribution in [3.63, 3.8) is 0 Å². The highest BCUT2D eigenvalue weighted by Gasteiger charge is 2.17. The lowest BCUT2D eigenvalue weighted by Gasteiger charge is -2.16. The molecule has 0 saturated heterocycles. The molecule has 16 heavy (non-hydrogen) atoms. The van der Waals surface area contributed by atoms with Gasteiger partial charge >= 0.3 is 5.97 Å². The second-order valence-corrected chi connectivity index (χ2v) is 3.50. The van der Waals surface area contributed by atoms with Crippen LogP contribution in [0.4, 0.5) is 0 Å². The minimum absolute atomic E-state index is 0.120. The molecule has 1 unspecified atom stereocenters. The Morgan fingerprint density at radius 3 is 2.75 bits per heavy atom. The van der Waals surface area contributed by atoms with Crippen LogP contribution in [-0.2, 0) is 16.1 Å². The van der Waals surface area contributed by atoms with E-state index in [0.29, 0.717) is 11.3 Å². The van der Waals surface area contributed by atoms with Gasteiger partial charge in [-0.25, -0.2) is 4.79 Å². The first kappa shape index (κ1) is 12.5. The molecule has 0 aliphatic rings. The maximum Gasteiger partial charge on any atom is 0.346 e. The Hall–Kier alpha value is -1.55. The quantitative estimate of drug-likeness (QED) is 0.786. The Labute approximate surface area is 94.8 Å². The first-order valence-corrected chi connectivity index (χ1v) is 5.04. The molecule has 4 nitrogen and oxygen atoms in total. The standard InChI is InChI=1S/C12H16O4/c1-8-5-4-6-10(7-13)11(8)16-9(2)12(14)15-3/h4-6,9,13H,7H2,1-3H3. The van der Waals surface area contributed by atoms with E-state index in [2.05, 4.69) is 4.74 Å². The third-order valence-corrected chi connectivity index (χ3v) is 2.29. The molecular formula is C12H16O4. The van der Waals surface area contributed by atoms with E-state index in [9.17, 15) is 4.79 Å². The second kappa shape index (κ2) is 5.51. The largest absolute Gasteiger partial charge is 0.478 e. The molecule has 4 heteroatoms. The number of rotatable bonds is 4. The van der Waals surface area contributed by atoms with Crippen LogP contribution in [0.1, 0.15) is 18.1 Å². The van der Waals surface area contributed by atoms with Crippen molar-refractivity contribution in [2.45, 2.75) is 26.6 Å². The molecule has 88 valence electrons. The Morgan fingerprint density at radius 1 is 1.50 bits per heavy atom. The van der Waals surface area contributed by atoms with Crippen molar-refractivity contribution in [3.05, 3.63) is 29.3 Å². The molecule has 0 fully saturated rings. The first-order chi connectivity index (χ1) is 7.60. The third-order valence-electron chi connectivity index (χ3n) is 2.29. The Morgan fingerprint density at radius 2 is 2.19 bits per heavy atom. The molecular weight excluding hydrogens is 208 g/mol. The fourth-order valence-electron chi connectivity index (χ4n) is 1.40. The van der Waals surface area contributed by atoms with Gasteiger partial charge in [-0.1, -0.05) is 18.2 Å². The number of para-hydroxylation sites is 1. The highest BCUT2D eigenvalue weighted by molar-refractivity contribution is 5.74. The Balaban J connectivity index is 2.91. The number of carbonyl (C=O) groups excluding carboxylic acids is 1. The van der Waals surface area contributed by atoms with E-state index in [1.54, 1.807) is 13.0 Å². The van der Waals surface area contributed by atoms with Crippen molar-refractivity contribution in [2.24, 2.45) is 0 Å². The molecule has 0 amide bonds. The summed E-state index contributed by atoms with van der Waals surface area (Å²) in [7, 11) is 1.31. The molecule has 0 aliphatic heterocycles. The van der Waals surface area contributed by atoms with E-state index in [-0.39, 0.29) is 6.61 Å². The van der Waals surface area contributed by atoms with E-state index in [1.807, 2.05) is 19.1 Å². The summed E-state index contributed by atoms with van der Waals surface area (Å²) >= 11 is 0. The van der Waals surface area contributed by atoms with Crippen LogP contribution < -0.4 is 4.74 Å². The van der Waals surface area contributed by atoms with Gasteiger partial charge in [0, 0.05) is 5.56 Å². The van der Waals surface area contributed by atoms with Crippen LogP contribution in [0, 0.1) is 6.92 Å². The topological polar surface area (TPSA) is 55.8 Å².